The molecule has 0 amide bonds. The second-order valence-corrected chi connectivity index (χ2v) is 4.31. The Morgan fingerprint density at radius 2 is 1.88 bits per heavy atom. The molecular weight excluding hydrogens is 208 g/mol. The van der Waals surface area contributed by atoms with E-state index in [0.717, 1.165) is 17.5 Å². The van der Waals surface area contributed by atoms with Crippen molar-refractivity contribution in [3.05, 3.63) is 70.6 Å². The highest BCUT2D eigenvalue weighted by atomic mass is 14.9. The summed E-state index contributed by atoms with van der Waals surface area (Å²) in [6.45, 7) is 0. The van der Waals surface area contributed by atoms with Gasteiger partial charge in [0.15, 0.2) is 0 Å². The van der Waals surface area contributed by atoms with E-state index in [9.17, 15) is 0 Å². The third-order valence-electron chi connectivity index (χ3n) is 3.38. The van der Waals surface area contributed by atoms with Gasteiger partial charge in [-0.2, -0.15) is 0 Å². The van der Waals surface area contributed by atoms with Crippen molar-refractivity contribution in [1.29, 1.82) is 0 Å². The number of allylic oxidation sites excluding steroid dienone is 2. The summed E-state index contributed by atoms with van der Waals surface area (Å²) < 4.78 is 0. The summed E-state index contributed by atoms with van der Waals surface area (Å²) in [5, 5.41) is 2.36. The minimum Gasteiger partial charge on any atom is -0.236 e. The smallest absolute Gasteiger partial charge is 0.116 e. The Bertz CT molecular complexity index is 755. The summed E-state index contributed by atoms with van der Waals surface area (Å²) in [5.41, 5.74) is 4.92. The van der Waals surface area contributed by atoms with E-state index in [0.29, 0.717) is 0 Å². The van der Waals surface area contributed by atoms with E-state index in [1.54, 1.807) is 6.33 Å². The Kier molecular flexibility index (Phi) is 1.64. The fourth-order valence-electron chi connectivity index (χ4n) is 2.58. The monoisotopic (exact) mass is 218 g/mol. The van der Waals surface area contributed by atoms with Crippen LogP contribution in [-0.4, -0.2) is 9.97 Å². The van der Waals surface area contributed by atoms with Crippen LogP contribution in [0.1, 0.15) is 17.7 Å². The van der Waals surface area contributed by atoms with Crippen molar-refractivity contribution in [2.75, 3.05) is 0 Å². The standard InChI is InChI=1S/C15H10N2/c1-2-5-10(6-3-1)11-7-4-8-12-14-13(11)15(12)17-9-16-14/h1-7,9H,8H2. The van der Waals surface area contributed by atoms with Gasteiger partial charge in [-0.05, 0) is 17.6 Å². The van der Waals surface area contributed by atoms with Crippen molar-refractivity contribution in [3.8, 4) is 0 Å². The van der Waals surface area contributed by atoms with Gasteiger partial charge >= 0.3 is 0 Å². The molecular formula is C15H10N2. The van der Waals surface area contributed by atoms with Crippen LogP contribution in [0, 0.1) is 0 Å². The van der Waals surface area contributed by atoms with Crippen LogP contribution in [0.5, 0.6) is 0 Å². The highest BCUT2D eigenvalue weighted by Gasteiger charge is 2.22. The Morgan fingerprint density at radius 1 is 1.00 bits per heavy atom. The molecule has 0 aliphatic heterocycles. The van der Waals surface area contributed by atoms with Crippen molar-refractivity contribution in [3.63, 3.8) is 0 Å². The van der Waals surface area contributed by atoms with Crippen LogP contribution in [0.15, 0.2) is 48.8 Å². The number of hydrogen-bond donors (Lipinski definition) is 0. The molecule has 2 aromatic rings. The van der Waals surface area contributed by atoms with Gasteiger partial charge in [0.1, 0.15) is 6.33 Å². The zero-order chi connectivity index (χ0) is 11.2. The predicted octanol–water partition coefficient (Wildman–Crippen LogP) is 1.15. The molecule has 5 rings (SSSR count). The van der Waals surface area contributed by atoms with E-state index in [-0.39, 0.29) is 0 Å². The van der Waals surface area contributed by atoms with Gasteiger partial charge in [0.25, 0.3) is 0 Å². The third-order valence-corrected chi connectivity index (χ3v) is 3.38. The Labute approximate surface area is 98.7 Å². The molecule has 0 saturated carbocycles. The van der Waals surface area contributed by atoms with E-state index >= 15 is 0 Å². The molecule has 0 unspecified atom stereocenters. The van der Waals surface area contributed by atoms with Gasteiger partial charge in [0.2, 0.25) is 0 Å². The fraction of sp³-hybridized carbons (Fsp3) is 0.0667. The van der Waals surface area contributed by atoms with Crippen LogP contribution in [0.4, 0.5) is 0 Å². The number of benzene rings is 1. The molecule has 0 saturated heterocycles. The van der Waals surface area contributed by atoms with Crippen LogP contribution in [-0.2, 0) is 0 Å². The largest absolute Gasteiger partial charge is 0.236 e. The molecule has 2 nitrogen and oxygen atoms in total. The molecule has 1 aromatic heterocycles. The first kappa shape index (κ1) is 8.88. The highest BCUT2D eigenvalue weighted by molar-refractivity contribution is 5.84. The first-order valence-corrected chi connectivity index (χ1v) is 5.76. The summed E-state index contributed by atoms with van der Waals surface area (Å²) in [4.78, 5) is 8.77. The van der Waals surface area contributed by atoms with Gasteiger partial charge in [0, 0.05) is 10.8 Å². The first-order chi connectivity index (χ1) is 8.45. The zero-order valence-electron chi connectivity index (χ0n) is 9.22. The maximum absolute atomic E-state index is 4.39. The normalized spacial score (nSPS) is 15.5. The van der Waals surface area contributed by atoms with Gasteiger partial charge in [-0.15, -0.1) is 0 Å². The van der Waals surface area contributed by atoms with Gasteiger partial charge in [-0.25, -0.2) is 9.97 Å². The van der Waals surface area contributed by atoms with Gasteiger partial charge < -0.3 is 0 Å². The second-order valence-electron chi connectivity index (χ2n) is 4.31. The lowest BCUT2D eigenvalue weighted by Crippen LogP contribution is -2.45. The minimum atomic E-state index is 0.950. The summed E-state index contributed by atoms with van der Waals surface area (Å²) >= 11 is 0. The highest BCUT2D eigenvalue weighted by Crippen LogP contribution is 2.22. The number of hydrogen-bond acceptors (Lipinski definition) is 2. The summed E-state index contributed by atoms with van der Waals surface area (Å²) in [5.74, 6) is 0. The molecule has 80 valence electrons. The number of nitrogens with zero attached hydrogens (tertiary/aromatic N) is 2. The van der Waals surface area contributed by atoms with Crippen LogP contribution < -0.4 is 10.6 Å². The van der Waals surface area contributed by atoms with Gasteiger partial charge in [0.05, 0.1) is 11.0 Å². The number of rotatable bonds is 1. The van der Waals surface area contributed by atoms with E-state index < -0.39 is 0 Å². The minimum absolute atomic E-state index is 0.950. The first-order valence-electron chi connectivity index (χ1n) is 5.76. The molecule has 0 atom stereocenters. The maximum Gasteiger partial charge on any atom is 0.116 e. The molecule has 0 N–H and O–H groups in total. The SMILES string of the molecule is C1=CC(c2ccccc2)=C2c3ncnc2c3C1. The third kappa shape index (κ3) is 1.10. The topological polar surface area (TPSA) is 25.8 Å². The molecule has 4 bridgehead atoms. The van der Waals surface area contributed by atoms with Crippen molar-refractivity contribution in [2.24, 2.45) is 0 Å². The van der Waals surface area contributed by atoms with Gasteiger partial charge in [-0.1, -0.05) is 42.5 Å². The van der Waals surface area contributed by atoms with Crippen LogP contribution in [0.3, 0.4) is 0 Å². The van der Waals surface area contributed by atoms with Gasteiger partial charge in [-0.3, -0.25) is 0 Å². The molecule has 0 radical (unpaired) electrons. The average Bonchev–Trinajstić information content (AvgIpc) is 2.73. The summed E-state index contributed by atoms with van der Waals surface area (Å²) in [7, 11) is 0. The molecule has 0 spiro atoms. The van der Waals surface area contributed by atoms with E-state index in [1.807, 2.05) is 6.07 Å². The zero-order valence-corrected chi connectivity index (χ0v) is 9.22. The van der Waals surface area contributed by atoms with Crippen molar-refractivity contribution < 1.29 is 0 Å². The van der Waals surface area contributed by atoms with Crippen LogP contribution in [0.2, 0.25) is 0 Å². The molecule has 1 heterocycles. The summed E-state index contributed by atoms with van der Waals surface area (Å²) in [6.07, 6.45) is 7.01. The number of aromatic nitrogens is 2. The molecule has 1 aromatic carbocycles. The average molecular weight is 218 g/mol. The summed E-state index contributed by atoms with van der Waals surface area (Å²) in [6, 6.07) is 10.4. The fourth-order valence-corrected chi connectivity index (χ4v) is 2.58. The van der Waals surface area contributed by atoms with Crippen LogP contribution in [0.25, 0.3) is 11.1 Å². The lowest BCUT2D eigenvalue weighted by atomic mass is 9.94. The molecule has 2 heteroatoms. The Balaban J connectivity index is 2.13. The molecule has 17 heavy (non-hydrogen) atoms. The predicted molar refractivity (Wildman–Crippen MR) is 66.5 cm³/mol. The molecule has 3 aliphatic carbocycles. The molecule has 0 fully saturated rings. The Hall–Kier alpha value is -2.22. The van der Waals surface area contributed by atoms with E-state index in [1.165, 1.54) is 21.9 Å². The van der Waals surface area contributed by atoms with Crippen molar-refractivity contribution in [1.82, 2.24) is 9.97 Å². The van der Waals surface area contributed by atoms with Crippen molar-refractivity contribution >= 4 is 11.1 Å². The van der Waals surface area contributed by atoms with Crippen molar-refractivity contribution in [2.45, 2.75) is 6.42 Å². The van der Waals surface area contributed by atoms with Crippen LogP contribution >= 0.6 is 0 Å². The number of fused-ring (bicyclic) bond motifs is 2. The van der Waals surface area contributed by atoms with E-state index in [4.69, 9.17) is 0 Å². The maximum atomic E-state index is 4.39. The lowest BCUT2D eigenvalue weighted by molar-refractivity contribution is 0.996. The van der Waals surface area contributed by atoms with E-state index in [2.05, 4.69) is 46.4 Å². The Morgan fingerprint density at radius 3 is 2.65 bits per heavy atom. The second kappa shape index (κ2) is 3.14. The quantitative estimate of drug-likeness (QED) is 0.717. The lowest BCUT2D eigenvalue weighted by Gasteiger charge is -2.14. The molecule has 3 aliphatic rings.